The van der Waals surface area contributed by atoms with E-state index in [1.54, 1.807) is 0 Å². The lowest BCUT2D eigenvalue weighted by molar-refractivity contribution is 0.0924. The predicted molar refractivity (Wildman–Crippen MR) is 135 cm³/mol. The minimum Gasteiger partial charge on any atom is -0.384 e. The molecule has 3 aromatic rings. The lowest BCUT2D eigenvalue weighted by Crippen LogP contribution is -2.49. The Labute approximate surface area is 198 Å². The van der Waals surface area contributed by atoms with Gasteiger partial charge in [0.2, 0.25) is 0 Å². The molecule has 1 aromatic heterocycles. The van der Waals surface area contributed by atoms with Gasteiger partial charge in [-0.15, -0.1) is 0 Å². The molecular weight excluding hydrogens is 430 g/mol. The summed E-state index contributed by atoms with van der Waals surface area (Å²) in [6.45, 7) is 7.49. The molecule has 34 heavy (non-hydrogen) atoms. The van der Waals surface area contributed by atoms with Gasteiger partial charge in [-0.25, -0.2) is 4.79 Å². The molecule has 8 heteroatoms. The summed E-state index contributed by atoms with van der Waals surface area (Å²) in [6, 6.07) is 15.6. The molecule has 4 rings (SSSR count). The highest BCUT2D eigenvalue weighted by molar-refractivity contribution is 6.01. The van der Waals surface area contributed by atoms with Crippen molar-refractivity contribution in [3.05, 3.63) is 91.6 Å². The maximum Gasteiger partial charge on any atom is 0.332 e. The number of nitrogen functional groups attached to an aromatic ring is 1. The van der Waals surface area contributed by atoms with E-state index in [2.05, 4.69) is 36.9 Å². The zero-order valence-electron chi connectivity index (χ0n) is 20.0. The van der Waals surface area contributed by atoms with Crippen LogP contribution in [0.3, 0.4) is 0 Å². The maximum absolute atomic E-state index is 13.2. The van der Waals surface area contributed by atoms with Crippen LogP contribution in [0.25, 0.3) is 0 Å². The Balaban J connectivity index is 1.52. The second-order valence-electron chi connectivity index (χ2n) is 8.88. The fourth-order valence-electron chi connectivity index (χ4n) is 4.47. The summed E-state index contributed by atoms with van der Waals surface area (Å²) in [4.78, 5) is 43.1. The van der Waals surface area contributed by atoms with Crippen molar-refractivity contribution in [2.75, 3.05) is 43.4 Å². The summed E-state index contributed by atoms with van der Waals surface area (Å²) < 4.78 is 2.26. The van der Waals surface area contributed by atoms with Crippen LogP contribution in [0.2, 0.25) is 0 Å². The smallest absolute Gasteiger partial charge is 0.332 e. The summed E-state index contributed by atoms with van der Waals surface area (Å²) in [5.74, 6) is -0.434. The van der Waals surface area contributed by atoms with Crippen molar-refractivity contribution < 1.29 is 4.79 Å². The van der Waals surface area contributed by atoms with E-state index in [0.29, 0.717) is 13.1 Å². The van der Waals surface area contributed by atoms with Gasteiger partial charge in [-0.1, -0.05) is 42.5 Å². The van der Waals surface area contributed by atoms with Gasteiger partial charge in [0.15, 0.2) is 5.78 Å². The summed E-state index contributed by atoms with van der Waals surface area (Å²) in [5.41, 5.74) is 9.54. The van der Waals surface area contributed by atoms with Crippen LogP contribution < -0.4 is 21.9 Å². The number of piperazine rings is 1. The highest BCUT2D eigenvalue weighted by atomic mass is 16.2. The van der Waals surface area contributed by atoms with Crippen molar-refractivity contribution in [1.29, 1.82) is 0 Å². The number of nitrogens with two attached hydrogens (primary N) is 1. The Morgan fingerprint density at radius 2 is 1.62 bits per heavy atom. The van der Waals surface area contributed by atoms with E-state index >= 15 is 0 Å². The second-order valence-corrected chi connectivity index (χ2v) is 8.88. The number of rotatable bonds is 6. The molecule has 0 radical (unpaired) electrons. The van der Waals surface area contributed by atoms with Crippen molar-refractivity contribution in [3.63, 3.8) is 0 Å². The largest absolute Gasteiger partial charge is 0.384 e. The zero-order valence-corrected chi connectivity index (χ0v) is 20.0. The molecule has 1 aliphatic rings. The highest BCUT2D eigenvalue weighted by Crippen LogP contribution is 2.24. The third-order valence-electron chi connectivity index (χ3n) is 6.70. The molecule has 8 nitrogen and oxygen atoms in total. The molecule has 1 saturated heterocycles. The standard InChI is InChI=1S/C26H31N5O3/c1-18-8-7-11-21(19(18)2)30-14-12-29(13-15-30)17-22(32)23-24(27)31(26(34)28(3)25(23)33)16-20-9-5-4-6-10-20/h4-11H,12-17,27H2,1-3H3. The average Bonchev–Trinajstić information content (AvgIpc) is 2.83. The molecule has 0 saturated carbocycles. The molecule has 0 amide bonds. The first kappa shape index (κ1) is 23.5. The zero-order chi connectivity index (χ0) is 24.4. The molecule has 1 fully saturated rings. The second kappa shape index (κ2) is 9.69. The number of benzene rings is 2. The normalized spacial score (nSPS) is 14.4. The first-order valence-electron chi connectivity index (χ1n) is 11.5. The number of hydrogen-bond donors (Lipinski definition) is 1. The molecule has 0 aliphatic carbocycles. The number of carbonyl (C=O) groups excluding carboxylic acids is 1. The lowest BCUT2D eigenvalue weighted by Gasteiger charge is -2.36. The SMILES string of the molecule is Cc1cccc(N2CCN(CC(=O)c3c(N)n(Cc4ccccc4)c(=O)n(C)c3=O)CC2)c1C. The molecule has 1 aliphatic heterocycles. The molecule has 0 atom stereocenters. The molecule has 2 aromatic carbocycles. The van der Waals surface area contributed by atoms with Crippen LogP contribution in [-0.2, 0) is 13.6 Å². The van der Waals surface area contributed by atoms with Crippen molar-refractivity contribution in [2.45, 2.75) is 20.4 Å². The monoisotopic (exact) mass is 461 g/mol. The van der Waals surface area contributed by atoms with Crippen LogP contribution in [0.4, 0.5) is 11.5 Å². The maximum atomic E-state index is 13.2. The number of aryl methyl sites for hydroxylation is 1. The van der Waals surface area contributed by atoms with Gasteiger partial charge in [0, 0.05) is 38.9 Å². The van der Waals surface area contributed by atoms with Crippen LogP contribution in [0.15, 0.2) is 58.1 Å². The fraction of sp³-hybridized carbons (Fsp3) is 0.346. The minimum atomic E-state index is -0.647. The first-order chi connectivity index (χ1) is 16.3. The van der Waals surface area contributed by atoms with E-state index in [4.69, 9.17) is 5.73 Å². The first-order valence-corrected chi connectivity index (χ1v) is 11.5. The van der Waals surface area contributed by atoms with Gasteiger partial charge in [-0.3, -0.25) is 23.6 Å². The van der Waals surface area contributed by atoms with Gasteiger partial charge >= 0.3 is 5.69 Å². The van der Waals surface area contributed by atoms with Gasteiger partial charge in [0.05, 0.1) is 13.1 Å². The van der Waals surface area contributed by atoms with Crippen LogP contribution >= 0.6 is 0 Å². The summed E-state index contributed by atoms with van der Waals surface area (Å²) in [5, 5.41) is 0. The van der Waals surface area contributed by atoms with E-state index < -0.39 is 11.2 Å². The molecule has 0 bridgehead atoms. The Bertz CT molecular complexity index is 1320. The van der Waals surface area contributed by atoms with Gasteiger partial charge in [-0.2, -0.15) is 0 Å². The van der Waals surface area contributed by atoms with E-state index in [0.717, 1.165) is 23.2 Å². The quantitative estimate of drug-likeness (QED) is 0.563. The average molecular weight is 462 g/mol. The van der Waals surface area contributed by atoms with Crippen molar-refractivity contribution in [3.8, 4) is 0 Å². The Kier molecular flexibility index (Phi) is 6.70. The van der Waals surface area contributed by atoms with Gasteiger partial charge < -0.3 is 10.6 Å². The fourth-order valence-corrected chi connectivity index (χ4v) is 4.47. The number of hydrogen-bond acceptors (Lipinski definition) is 6. The Hall–Kier alpha value is -3.65. The highest BCUT2D eigenvalue weighted by Gasteiger charge is 2.26. The third kappa shape index (κ3) is 4.54. The summed E-state index contributed by atoms with van der Waals surface area (Å²) >= 11 is 0. The predicted octanol–water partition coefficient (Wildman–Crippen LogP) is 1.80. The van der Waals surface area contributed by atoms with E-state index in [-0.39, 0.29) is 30.3 Å². The number of ketones is 1. The molecule has 2 N–H and O–H groups in total. The lowest BCUT2D eigenvalue weighted by atomic mass is 10.1. The van der Waals surface area contributed by atoms with Crippen LogP contribution in [-0.4, -0.2) is 52.5 Å². The minimum absolute atomic E-state index is 0.0732. The van der Waals surface area contributed by atoms with Gasteiger partial charge in [0.25, 0.3) is 5.56 Å². The molecule has 178 valence electrons. The van der Waals surface area contributed by atoms with Crippen LogP contribution in [0, 0.1) is 13.8 Å². The van der Waals surface area contributed by atoms with Crippen molar-refractivity contribution in [2.24, 2.45) is 7.05 Å². The molecular formula is C26H31N5O3. The van der Waals surface area contributed by atoms with Gasteiger partial charge in [-0.05, 0) is 36.6 Å². The Morgan fingerprint density at radius 3 is 2.29 bits per heavy atom. The van der Waals surface area contributed by atoms with E-state index in [9.17, 15) is 14.4 Å². The third-order valence-corrected chi connectivity index (χ3v) is 6.70. The number of aromatic nitrogens is 2. The van der Waals surface area contributed by atoms with Crippen LogP contribution in [0.5, 0.6) is 0 Å². The van der Waals surface area contributed by atoms with Crippen molar-refractivity contribution in [1.82, 2.24) is 14.0 Å². The molecule has 2 heterocycles. The molecule has 0 spiro atoms. The van der Waals surface area contributed by atoms with E-state index in [1.165, 1.54) is 28.4 Å². The topological polar surface area (TPSA) is 93.6 Å². The number of Topliss-reactive ketones (excluding diaryl/α,β-unsaturated/α-hetero) is 1. The van der Waals surface area contributed by atoms with E-state index in [1.807, 2.05) is 35.2 Å². The summed E-state index contributed by atoms with van der Waals surface area (Å²) in [6.07, 6.45) is 0. The number of anilines is 2. The van der Waals surface area contributed by atoms with Gasteiger partial charge in [0.1, 0.15) is 11.4 Å². The Morgan fingerprint density at radius 1 is 0.941 bits per heavy atom. The molecule has 0 unspecified atom stereocenters. The van der Waals surface area contributed by atoms with Crippen molar-refractivity contribution >= 4 is 17.3 Å². The summed E-state index contributed by atoms with van der Waals surface area (Å²) in [7, 11) is 1.38. The number of nitrogens with zero attached hydrogens (tertiary/aromatic N) is 4. The number of carbonyl (C=O) groups is 1. The van der Waals surface area contributed by atoms with Crippen LogP contribution in [0.1, 0.15) is 27.0 Å².